The minimum Gasteiger partial charge on any atom is -0.308 e. The summed E-state index contributed by atoms with van der Waals surface area (Å²) in [5.41, 5.74) is 2.03. The van der Waals surface area contributed by atoms with Gasteiger partial charge in [0.15, 0.2) is 0 Å². The Bertz CT molecular complexity index is 638. The Hall–Kier alpha value is -1.16. The van der Waals surface area contributed by atoms with Gasteiger partial charge in [0.2, 0.25) is 0 Å². The van der Waals surface area contributed by atoms with Crippen LogP contribution < -0.4 is 5.56 Å². The lowest BCUT2D eigenvalue weighted by Gasteiger charge is -2.18. The van der Waals surface area contributed by atoms with Crippen molar-refractivity contribution in [2.24, 2.45) is 7.05 Å². The van der Waals surface area contributed by atoms with Gasteiger partial charge in [-0.1, -0.05) is 36.7 Å². The van der Waals surface area contributed by atoms with Crippen molar-refractivity contribution in [3.8, 4) is 0 Å². The minimum atomic E-state index is -0.240. The number of rotatable bonds is 0. The first-order chi connectivity index (χ1) is 7.80. The summed E-state index contributed by atoms with van der Waals surface area (Å²) in [6, 6.07) is 5.77. The molecule has 0 saturated heterocycles. The topological polar surface area (TPSA) is 34.9 Å². The quantitative estimate of drug-likeness (QED) is 0.749. The molecule has 90 valence electrons. The van der Waals surface area contributed by atoms with Crippen LogP contribution in [0.15, 0.2) is 27.5 Å². The van der Waals surface area contributed by atoms with E-state index < -0.39 is 0 Å². The number of hydrogen-bond donors (Lipinski definition) is 0. The molecule has 0 fully saturated rings. The molecule has 1 aromatic carbocycles. The van der Waals surface area contributed by atoms with Gasteiger partial charge in [0, 0.05) is 16.9 Å². The Morgan fingerprint density at radius 1 is 1.29 bits per heavy atom. The van der Waals surface area contributed by atoms with Crippen LogP contribution in [0.2, 0.25) is 0 Å². The number of fused-ring (bicyclic) bond motifs is 1. The summed E-state index contributed by atoms with van der Waals surface area (Å²) in [5.74, 6) is 0. The molecule has 1 aromatic heterocycles. The van der Waals surface area contributed by atoms with Crippen molar-refractivity contribution in [3.05, 3.63) is 38.7 Å². The fourth-order valence-corrected chi connectivity index (χ4v) is 2.13. The molecule has 0 aliphatic heterocycles. The van der Waals surface area contributed by atoms with Crippen molar-refractivity contribution in [2.45, 2.75) is 26.2 Å². The molecule has 0 N–H and O–H groups in total. The number of hydrogen-bond acceptors (Lipinski definition) is 2. The lowest BCUT2D eigenvalue weighted by molar-refractivity contribution is 0.555. The molecule has 0 aliphatic carbocycles. The maximum absolute atomic E-state index is 12.2. The summed E-state index contributed by atoms with van der Waals surface area (Å²) < 4.78 is 2.61. The molecular formula is C13H15BrN2O. The third-order valence-electron chi connectivity index (χ3n) is 2.75. The van der Waals surface area contributed by atoms with Crippen molar-refractivity contribution >= 4 is 27.0 Å². The number of benzene rings is 1. The number of aryl methyl sites for hydroxylation is 1. The monoisotopic (exact) mass is 294 g/mol. The van der Waals surface area contributed by atoms with Crippen LogP contribution >= 0.6 is 15.9 Å². The zero-order chi connectivity index (χ0) is 12.8. The van der Waals surface area contributed by atoms with Crippen LogP contribution in [-0.2, 0) is 12.5 Å². The summed E-state index contributed by atoms with van der Waals surface area (Å²) >= 11 is 3.41. The second kappa shape index (κ2) is 3.95. The number of nitrogens with zero attached hydrogens (tertiary/aromatic N) is 2. The molecule has 0 amide bonds. The molecule has 2 aromatic rings. The smallest absolute Gasteiger partial charge is 0.273 e. The van der Waals surface area contributed by atoms with E-state index in [0.717, 1.165) is 15.5 Å². The highest BCUT2D eigenvalue weighted by Gasteiger charge is 2.21. The van der Waals surface area contributed by atoms with E-state index in [1.807, 2.05) is 39.0 Å². The van der Waals surface area contributed by atoms with Gasteiger partial charge in [0.1, 0.15) is 5.69 Å². The molecule has 0 atom stereocenters. The van der Waals surface area contributed by atoms with Crippen LogP contribution in [-0.4, -0.2) is 9.55 Å². The molecule has 0 saturated carbocycles. The van der Waals surface area contributed by atoms with Crippen LogP contribution in [0.4, 0.5) is 0 Å². The fraction of sp³-hybridized carbons (Fsp3) is 0.385. The van der Waals surface area contributed by atoms with Crippen LogP contribution in [0.3, 0.4) is 0 Å². The molecule has 17 heavy (non-hydrogen) atoms. The summed E-state index contributed by atoms with van der Waals surface area (Å²) in [6.07, 6.45) is 0. The van der Waals surface area contributed by atoms with Gasteiger partial charge in [-0.3, -0.25) is 4.79 Å². The third kappa shape index (κ3) is 2.14. The Balaban J connectivity index is 2.90. The van der Waals surface area contributed by atoms with E-state index in [1.54, 1.807) is 11.6 Å². The Labute approximate surface area is 109 Å². The van der Waals surface area contributed by atoms with Crippen LogP contribution in [0, 0.1) is 0 Å². The molecule has 2 rings (SSSR count). The summed E-state index contributed by atoms with van der Waals surface area (Å²) in [5, 5.41) is 0. The molecule has 3 nitrogen and oxygen atoms in total. The van der Waals surface area contributed by atoms with Gasteiger partial charge in [0.25, 0.3) is 5.56 Å². The summed E-state index contributed by atoms with van der Waals surface area (Å²) in [6.45, 7) is 6.00. The molecule has 0 unspecified atom stereocenters. The van der Waals surface area contributed by atoms with Gasteiger partial charge in [-0.2, -0.15) is 0 Å². The van der Waals surface area contributed by atoms with Gasteiger partial charge < -0.3 is 4.57 Å². The maximum atomic E-state index is 12.2. The van der Waals surface area contributed by atoms with Crippen molar-refractivity contribution in [3.63, 3.8) is 0 Å². The van der Waals surface area contributed by atoms with Crippen molar-refractivity contribution < 1.29 is 0 Å². The van der Waals surface area contributed by atoms with E-state index in [1.165, 1.54) is 0 Å². The molecule has 0 aliphatic rings. The number of aromatic nitrogens is 2. The van der Waals surface area contributed by atoms with Crippen molar-refractivity contribution in [2.75, 3.05) is 0 Å². The number of halogens is 1. The SMILES string of the molecule is Cn1c(=O)c(C(C)(C)C)nc2ccc(Br)cc21. The highest BCUT2D eigenvalue weighted by Crippen LogP contribution is 2.21. The van der Waals surface area contributed by atoms with E-state index in [9.17, 15) is 4.79 Å². The predicted molar refractivity (Wildman–Crippen MR) is 73.4 cm³/mol. The van der Waals surface area contributed by atoms with Crippen LogP contribution in [0.5, 0.6) is 0 Å². The lowest BCUT2D eigenvalue weighted by atomic mass is 9.92. The average Bonchev–Trinajstić information content (AvgIpc) is 2.22. The zero-order valence-corrected chi connectivity index (χ0v) is 12.0. The lowest BCUT2D eigenvalue weighted by Crippen LogP contribution is -2.31. The second-order valence-electron chi connectivity index (χ2n) is 5.21. The third-order valence-corrected chi connectivity index (χ3v) is 3.24. The first kappa shape index (κ1) is 12.3. The van der Waals surface area contributed by atoms with E-state index in [0.29, 0.717) is 5.69 Å². The first-order valence-electron chi connectivity index (χ1n) is 5.47. The van der Waals surface area contributed by atoms with Gasteiger partial charge in [-0.25, -0.2) is 4.98 Å². The van der Waals surface area contributed by atoms with Gasteiger partial charge in [0.05, 0.1) is 11.0 Å². The van der Waals surface area contributed by atoms with E-state index in [-0.39, 0.29) is 11.0 Å². The molecule has 0 radical (unpaired) electrons. The highest BCUT2D eigenvalue weighted by atomic mass is 79.9. The van der Waals surface area contributed by atoms with Gasteiger partial charge in [-0.15, -0.1) is 0 Å². The summed E-state index contributed by atoms with van der Waals surface area (Å²) in [4.78, 5) is 16.7. The Morgan fingerprint density at radius 3 is 2.53 bits per heavy atom. The van der Waals surface area contributed by atoms with Gasteiger partial charge in [-0.05, 0) is 18.2 Å². The summed E-state index contributed by atoms with van der Waals surface area (Å²) in [7, 11) is 1.79. The Kier molecular flexibility index (Phi) is 2.86. The molecule has 0 bridgehead atoms. The Morgan fingerprint density at radius 2 is 1.94 bits per heavy atom. The zero-order valence-electron chi connectivity index (χ0n) is 10.4. The molecule has 4 heteroatoms. The van der Waals surface area contributed by atoms with E-state index in [4.69, 9.17) is 0 Å². The minimum absolute atomic E-state index is 0.0249. The van der Waals surface area contributed by atoms with Crippen LogP contribution in [0.1, 0.15) is 26.5 Å². The second-order valence-corrected chi connectivity index (χ2v) is 6.12. The first-order valence-corrected chi connectivity index (χ1v) is 6.27. The van der Waals surface area contributed by atoms with Gasteiger partial charge >= 0.3 is 0 Å². The predicted octanol–water partition coefficient (Wildman–Crippen LogP) is 2.99. The maximum Gasteiger partial charge on any atom is 0.273 e. The van der Waals surface area contributed by atoms with E-state index in [2.05, 4.69) is 20.9 Å². The molecule has 0 spiro atoms. The van der Waals surface area contributed by atoms with E-state index >= 15 is 0 Å². The molecular weight excluding hydrogens is 280 g/mol. The standard InChI is InChI=1S/C13H15BrN2O/c1-13(2,3)11-12(17)16(4)10-7-8(14)5-6-9(10)15-11/h5-7H,1-4H3. The normalized spacial score (nSPS) is 12.1. The van der Waals surface area contributed by atoms with Crippen molar-refractivity contribution in [1.82, 2.24) is 9.55 Å². The molecule has 1 heterocycles. The fourth-order valence-electron chi connectivity index (χ4n) is 1.78. The van der Waals surface area contributed by atoms with Crippen molar-refractivity contribution in [1.29, 1.82) is 0 Å². The average molecular weight is 295 g/mol. The highest BCUT2D eigenvalue weighted by molar-refractivity contribution is 9.10. The largest absolute Gasteiger partial charge is 0.308 e. The van der Waals surface area contributed by atoms with Crippen LogP contribution in [0.25, 0.3) is 11.0 Å².